The van der Waals surface area contributed by atoms with Crippen molar-refractivity contribution in [2.24, 2.45) is 0 Å². The Bertz CT molecular complexity index is 3590. The van der Waals surface area contributed by atoms with E-state index in [-0.39, 0.29) is 0 Å². The fraction of sp³-hybridized carbons (Fsp3) is 0.188. The number of rotatable bonds is 8. The monoisotopic (exact) mass is 880 g/mol. The Morgan fingerprint density at radius 2 is 0.706 bits per heavy atom. The highest BCUT2D eigenvalue weighted by Gasteiger charge is 2.31. The average Bonchev–Trinajstić information content (AvgIpc) is 3.99. The Hall–Kier alpha value is -7.56. The van der Waals surface area contributed by atoms with Crippen LogP contribution in [0.1, 0.15) is 87.2 Å². The van der Waals surface area contributed by atoms with E-state index in [0.717, 1.165) is 78.0 Å². The van der Waals surface area contributed by atoms with Crippen molar-refractivity contribution in [1.82, 2.24) is 0 Å². The molecule has 330 valence electrons. The third-order valence-corrected chi connectivity index (χ3v) is 15.8. The predicted molar refractivity (Wildman–Crippen MR) is 286 cm³/mol. The number of para-hydroxylation sites is 6. The van der Waals surface area contributed by atoms with Gasteiger partial charge in [0.1, 0.15) is 11.2 Å². The lowest BCUT2D eigenvalue weighted by molar-refractivity contribution is 0.438. The zero-order valence-corrected chi connectivity index (χ0v) is 38.3. The van der Waals surface area contributed by atoms with E-state index in [0.29, 0.717) is 11.8 Å². The minimum atomic E-state index is 0.563. The molecular formula is C64H52N2O2. The molecule has 68 heavy (non-hydrogen) atoms. The van der Waals surface area contributed by atoms with E-state index < -0.39 is 0 Å². The van der Waals surface area contributed by atoms with Gasteiger partial charge < -0.3 is 18.6 Å². The molecule has 10 aromatic carbocycles. The van der Waals surface area contributed by atoms with Gasteiger partial charge in [0.15, 0.2) is 11.2 Å². The van der Waals surface area contributed by atoms with Crippen molar-refractivity contribution in [3.63, 3.8) is 0 Å². The summed E-state index contributed by atoms with van der Waals surface area (Å²) in [6.07, 6.45) is 12.9. The summed E-state index contributed by atoms with van der Waals surface area (Å²) in [6, 6.07) is 67.0. The first kappa shape index (κ1) is 39.6. The molecule has 0 N–H and O–H groups in total. The van der Waals surface area contributed by atoms with Crippen molar-refractivity contribution < 1.29 is 8.83 Å². The number of nitrogens with zero attached hydrogens (tertiary/aromatic N) is 2. The highest BCUT2D eigenvalue weighted by Crippen LogP contribution is 2.55. The first-order valence-corrected chi connectivity index (χ1v) is 25.1. The zero-order valence-electron chi connectivity index (χ0n) is 38.3. The van der Waals surface area contributed by atoms with Crippen LogP contribution in [0.3, 0.4) is 0 Å². The van der Waals surface area contributed by atoms with Gasteiger partial charge in [0, 0.05) is 49.1 Å². The molecule has 2 heterocycles. The molecule has 12 aromatic rings. The van der Waals surface area contributed by atoms with Crippen molar-refractivity contribution in [3.05, 3.63) is 193 Å². The highest BCUT2D eigenvalue weighted by molar-refractivity contribution is 6.30. The lowest BCUT2D eigenvalue weighted by atomic mass is 9.75. The maximum atomic E-state index is 6.93. The van der Waals surface area contributed by atoms with Crippen LogP contribution in [0.25, 0.3) is 76.2 Å². The Kier molecular flexibility index (Phi) is 9.35. The van der Waals surface area contributed by atoms with Crippen LogP contribution >= 0.6 is 0 Å². The van der Waals surface area contributed by atoms with Gasteiger partial charge in [-0.05, 0) is 119 Å². The zero-order chi connectivity index (χ0) is 44.7. The molecular weight excluding hydrogens is 829 g/mol. The lowest BCUT2D eigenvalue weighted by Crippen LogP contribution is -2.15. The predicted octanol–water partition coefficient (Wildman–Crippen LogP) is 19.4. The van der Waals surface area contributed by atoms with Crippen LogP contribution in [0.4, 0.5) is 34.1 Å². The third-order valence-electron chi connectivity index (χ3n) is 15.8. The van der Waals surface area contributed by atoms with Crippen molar-refractivity contribution in [2.75, 3.05) is 9.80 Å². The van der Waals surface area contributed by atoms with Crippen molar-refractivity contribution in [3.8, 4) is 0 Å². The van der Waals surface area contributed by atoms with Crippen LogP contribution in [0.15, 0.2) is 191 Å². The number of benzene rings is 10. The minimum Gasteiger partial charge on any atom is -0.454 e. The van der Waals surface area contributed by atoms with Gasteiger partial charge in [-0.25, -0.2) is 0 Å². The molecule has 2 aliphatic rings. The molecule has 14 rings (SSSR count). The molecule has 0 radical (unpaired) electrons. The fourth-order valence-electron chi connectivity index (χ4n) is 12.7. The Morgan fingerprint density at radius 1 is 0.309 bits per heavy atom. The summed E-state index contributed by atoms with van der Waals surface area (Å²) in [7, 11) is 0. The summed E-state index contributed by atoms with van der Waals surface area (Å²) in [5.41, 5.74) is 13.0. The molecule has 0 amide bonds. The first-order chi connectivity index (χ1) is 33.8. The van der Waals surface area contributed by atoms with Crippen LogP contribution in [-0.2, 0) is 0 Å². The molecule has 4 nitrogen and oxygen atoms in total. The van der Waals surface area contributed by atoms with Gasteiger partial charge in [0.25, 0.3) is 0 Å². The maximum absolute atomic E-state index is 6.93. The van der Waals surface area contributed by atoms with Gasteiger partial charge in [-0.15, -0.1) is 0 Å². The molecule has 2 fully saturated rings. The quantitative estimate of drug-likeness (QED) is 0.142. The molecule has 0 unspecified atom stereocenters. The van der Waals surface area contributed by atoms with E-state index in [1.54, 1.807) is 11.1 Å². The van der Waals surface area contributed by atoms with E-state index >= 15 is 0 Å². The second-order valence-electron chi connectivity index (χ2n) is 19.6. The van der Waals surface area contributed by atoms with E-state index in [4.69, 9.17) is 8.83 Å². The standard InChI is InChI=1S/C64H52N2O2/c1-5-19-41(20-6-1)53-39-54(42-21-7-2-8-22-42)48-36-38-52-58(66(44-25-11-4-12-26-44)56-32-18-30-50-46-28-14-16-34-60(46)68-64(50)56)40-57(51-37-35-47(53)61(48)62(51)52)65(43-23-9-3-10-24-43)55-31-17-29-49-45-27-13-15-33-59(45)67-63(49)55/h3-4,9-18,23-42H,1-2,5-8,19-22H2. The Labute approximate surface area is 396 Å². The smallest absolute Gasteiger partial charge is 0.159 e. The number of fused-ring (bicyclic) bond motifs is 6. The summed E-state index contributed by atoms with van der Waals surface area (Å²) in [5.74, 6) is 1.13. The van der Waals surface area contributed by atoms with E-state index in [2.05, 4.69) is 192 Å². The van der Waals surface area contributed by atoms with Gasteiger partial charge in [0.2, 0.25) is 0 Å². The summed E-state index contributed by atoms with van der Waals surface area (Å²) < 4.78 is 13.9. The van der Waals surface area contributed by atoms with E-state index in [9.17, 15) is 0 Å². The molecule has 4 heteroatoms. The molecule has 2 saturated carbocycles. The van der Waals surface area contributed by atoms with Crippen molar-refractivity contribution >= 4 is 110 Å². The first-order valence-electron chi connectivity index (χ1n) is 25.1. The molecule has 0 atom stereocenters. The van der Waals surface area contributed by atoms with Gasteiger partial charge in [-0.2, -0.15) is 0 Å². The van der Waals surface area contributed by atoms with E-state index in [1.165, 1.54) is 96.5 Å². The van der Waals surface area contributed by atoms with Gasteiger partial charge in [-0.1, -0.05) is 166 Å². The van der Waals surface area contributed by atoms with Crippen LogP contribution < -0.4 is 9.80 Å². The number of anilines is 6. The summed E-state index contributed by atoms with van der Waals surface area (Å²) >= 11 is 0. The molecule has 2 aromatic heterocycles. The van der Waals surface area contributed by atoms with Crippen LogP contribution in [-0.4, -0.2) is 0 Å². The highest BCUT2D eigenvalue weighted by atomic mass is 16.3. The van der Waals surface area contributed by atoms with Crippen molar-refractivity contribution in [1.29, 1.82) is 0 Å². The Morgan fingerprint density at radius 3 is 1.18 bits per heavy atom. The molecule has 0 spiro atoms. The van der Waals surface area contributed by atoms with Crippen LogP contribution in [0, 0.1) is 0 Å². The topological polar surface area (TPSA) is 32.8 Å². The van der Waals surface area contributed by atoms with Crippen LogP contribution in [0.2, 0.25) is 0 Å². The third kappa shape index (κ3) is 6.19. The summed E-state index contributed by atoms with van der Waals surface area (Å²) in [6.45, 7) is 0. The largest absolute Gasteiger partial charge is 0.454 e. The van der Waals surface area contributed by atoms with Crippen LogP contribution in [0.5, 0.6) is 0 Å². The van der Waals surface area contributed by atoms with E-state index in [1.807, 2.05) is 0 Å². The minimum absolute atomic E-state index is 0.563. The second kappa shape index (κ2) is 16.1. The normalized spacial score (nSPS) is 15.2. The summed E-state index contributed by atoms with van der Waals surface area (Å²) in [4.78, 5) is 4.93. The SMILES string of the molecule is c1ccc(N(c2cc(N(c3ccccc3)c3cccc4c3oc3ccccc34)c3ccc4c(C5CCCCC5)cc(C5CCCCC5)c5ccc2c3c54)c2cccc3c2oc2ccccc23)cc1. The molecule has 0 bridgehead atoms. The maximum Gasteiger partial charge on any atom is 0.159 e. The lowest BCUT2D eigenvalue weighted by Gasteiger charge is -2.33. The fourth-order valence-corrected chi connectivity index (χ4v) is 12.7. The molecule has 0 saturated heterocycles. The number of hydrogen-bond donors (Lipinski definition) is 0. The summed E-state index contributed by atoms with van der Waals surface area (Å²) in [5, 5.41) is 12.5. The van der Waals surface area contributed by atoms with Gasteiger partial charge in [0.05, 0.1) is 22.7 Å². The van der Waals surface area contributed by atoms with Crippen molar-refractivity contribution in [2.45, 2.75) is 76.0 Å². The Balaban J connectivity index is 1.15. The molecule has 0 aliphatic heterocycles. The van der Waals surface area contributed by atoms with Gasteiger partial charge in [-0.3, -0.25) is 0 Å². The average molecular weight is 881 g/mol. The number of furan rings is 2. The number of hydrogen-bond acceptors (Lipinski definition) is 4. The molecule has 2 aliphatic carbocycles. The second-order valence-corrected chi connectivity index (χ2v) is 19.6. The van der Waals surface area contributed by atoms with Gasteiger partial charge >= 0.3 is 0 Å².